The second kappa shape index (κ2) is 4.18. The normalized spacial score (nSPS) is 15.8. The van der Waals surface area contributed by atoms with Gasteiger partial charge in [-0.2, -0.15) is 5.10 Å². The van der Waals surface area contributed by atoms with Crippen LogP contribution in [-0.4, -0.2) is 29.3 Å². The number of fused-ring (bicyclic) bond motifs is 1. The number of nitrogens with zero attached hydrogens (tertiary/aromatic N) is 1. The second-order valence-corrected chi connectivity index (χ2v) is 4.27. The number of benzene rings is 1. The minimum Gasteiger partial charge on any atom is -0.381 e. The molecular weight excluding hydrogens is 218 g/mol. The predicted molar refractivity (Wildman–Crippen MR) is 63.6 cm³/mol. The van der Waals surface area contributed by atoms with Crippen LogP contribution in [0, 0.1) is 5.92 Å². The van der Waals surface area contributed by atoms with Crippen LogP contribution >= 0.6 is 0 Å². The first kappa shape index (κ1) is 10.3. The largest absolute Gasteiger partial charge is 0.381 e. The molecule has 0 aliphatic carbocycles. The molecule has 0 bridgehead atoms. The molecule has 0 spiro atoms. The topological polar surface area (TPSA) is 67.0 Å². The van der Waals surface area contributed by atoms with Gasteiger partial charge in [0.2, 0.25) is 5.91 Å². The molecule has 2 N–H and O–H groups in total. The first-order chi connectivity index (χ1) is 8.33. The van der Waals surface area contributed by atoms with Gasteiger partial charge in [0.15, 0.2) is 5.82 Å². The highest BCUT2D eigenvalue weighted by Crippen LogP contribution is 2.21. The van der Waals surface area contributed by atoms with Crippen LogP contribution in [0.4, 0.5) is 5.82 Å². The van der Waals surface area contributed by atoms with Crippen molar-refractivity contribution in [3.05, 3.63) is 24.3 Å². The molecule has 1 fully saturated rings. The van der Waals surface area contributed by atoms with Crippen LogP contribution in [0.2, 0.25) is 0 Å². The van der Waals surface area contributed by atoms with Gasteiger partial charge in [-0.25, -0.2) is 0 Å². The summed E-state index contributed by atoms with van der Waals surface area (Å²) in [5.41, 5.74) is 0.926. The molecule has 1 aromatic carbocycles. The molecule has 1 amide bonds. The zero-order chi connectivity index (χ0) is 11.7. The lowest BCUT2D eigenvalue weighted by Gasteiger charge is -2.24. The molecule has 88 valence electrons. The van der Waals surface area contributed by atoms with E-state index in [1.54, 1.807) is 0 Å². The fourth-order valence-corrected chi connectivity index (χ4v) is 1.91. The number of nitrogens with one attached hydrogen (secondary N) is 2. The van der Waals surface area contributed by atoms with E-state index in [1.165, 1.54) is 0 Å². The molecule has 0 unspecified atom stereocenters. The third-order valence-corrected chi connectivity index (χ3v) is 2.91. The van der Waals surface area contributed by atoms with Gasteiger partial charge in [-0.05, 0) is 12.1 Å². The molecule has 1 aliphatic heterocycles. The van der Waals surface area contributed by atoms with Crippen molar-refractivity contribution in [3.8, 4) is 0 Å². The first-order valence-corrected chi connectivity index (χ1v) is 5.63. The van der Waals surface area contributed by atoms with Crippen molar-refractivity contribution in [1.82, 2.24) is 10.2 Å². The highest BCUT2D eigenvalue weighted by Gasteiger charge is 2.22. The molecule has 2 aromatic rings. The minimum absolute atomic E-state index is 0.00412. The standard InChI is InChI=1S/C12H13N3O2/c16-11(5-8-6-17-7-8)13-12-9-3-1-2-4-10(9)14-15-12/h1-4,8H,5-7H2,(H2,13,14,15,16). The van der Waals surface area contributed by atoms with Crippen molar-refractivity contribution in [2.45, 2.75) is 6.42 Å². The summed E-state index contributed by atoms with van der Waals surface area (Å²) >= 11 is 0. The van der Waals surface area contributed by atoms with Crippen molar-refractivity contribution >= 4 is 22.6 Å². The van der Waals surface area contributed by atoms with Gasteiger partial charge in [0.1, 0.15) is 0 Å². The van der Waals surface area contributed by atoms with Gasteiger partial charge in [0.25, 0.3) is 0 Å². The van der Waals surface area contributed by atoms with E-state index in [9.17, 15) is 4.79 Å². The van der Waals surface area contributed by atoms with E-state index in [0.717, 1.165) is 10.9 Å². The van der Waals surface area contributed by atoms with Gasteiger partial charge in [0.05, 0.1) is 18.7 Å². The average Bonchev–Trinajstić information content (AvgIpc) is 2.68. The van der Waals surface area contributed by atoms with Gasteiger partial charge in [-0.1, -0.05) is 12.1 Å². The van der Waals surface area contributed by atoms with Crippen LogP contribution < -0.4 is 5.32 Å². The third kappa shape index (κ3) is 2.01. The van der Waals surface area contributed by atoms with E-state index in [-0.39, 0.29) is 5.91 Å². The number of hydrogen-bond donors (Lipinski definition) is 2. The van der Waals surface area contributed by atoms with Crippen molar-refractivity contribution in [3.63, 3.8) is 0 Å². The molecule has 0 saturated carbocycles. The fraction of sp³-hybridized carbons (Fsp3) is 0.333. The minimum atomic E-state index is -0.00412. The molecule has 0 atom stereocenters. The average molecular weight is 231 g/mol. The SMILES string of the molecule is O=C(CC1COC1)Nc1n[nH]c2ccccc12. The number of aromatic amines is 1. The third-order valence-electron chi connectivity index (χ3n) is 2.91. The Morgan fingerprint density at radius 2 is 2.29 bits per heavy atom. The molecule has 1 saturated heterocycles. The van der Waals surface area contributed by atoms with Crippen molar-refractivity contribution in [2.75, 3.05) is 18.5 Å². The Hall–Kier alpha value is -1.88. The fourth-order valence-electron chi connectivity index (χ4n) is 1.91. The van der Waals surface area contributed by atoms with E-state index in [0.29, 0.717) is 31.4 Å². The zero-order valence-corrected chi connectivity index (χ0v) is 9.27. The summed E-state index contributed by atoms with van der Waals surface area (Å²) in [6.45, 7) is 1.38. The number of carbonyl (C=O) groups excluding carboxylic acids is 1. The summed E-state index contributed by atoms with van der Waals surface area (Å²) in [7, 11) is 0. The van der Waals surface area contributed by atoms with Gasteiger partial charge in [0, 0.05) is 17.7 Å². The predicted octanol–water partition coefficient (Wildman–Crippen LogP) is 1.54. The van der Waals surface area contributed by atoms with E-state index in [1.807, 2.05) is 24.3 Å². The van der Waals surface area contributed by atoms with E-state index in [4.69, 9.17) is 4.74 Å². The van der Waals surface area contributed by atoms with E-state index < -0.39 is 0 Å². The Morgan fingerprint density at radius 3 is 3.06 bits per heavy atom. The lowest BCUT2D eigenvalue weighted by Crippen LogP contribution is -2.31. The number of anilines is 1. The molecule has 3 rings (SSSR count). The maximum absolute atomic E-state index is 11.7. The highest BCUT2D eigenvalue weighted by atomic mass is 16.5. The van der Waals surface area contributed by atoms with Gasteiger partial charge < -0.3 is 10.1 Å². The van der Waals surface area contributed by atoms with Crippen LogP contribution in [0.3, 0.4) is 0 Å². The Morgan fingerprint density at radius 1 is 1.47 bits per heavy atom. The Bertz CT molecular complexity index is 545. The summed E-state index contributed by atoms with van der Waals surface area (Å²) in [4.78, 5) is 11.7. The molecule has 1 aromatic heterocycles. The van der Waals surface area contributed by atoms with Crippen LogP contribution in [0.5, 0.6) is 0 Å². The Kier molecular flexibility index (Phi) is 2.53. The second-order valence-electron chi connectivity index (χ2n) is 4.27. The monoisotopic (exact) mass is 231 g/mol. The lowest BCUT2D eigenvalue weighted by atomic mass is 10.0. The van der Waals surface area contributed by atoms with Gasteiger partial charge in [-0.3, -0.25) is 9.89 Å². The molecule has 0 radical (unpaired) electrons. The number of para-hydroxylation sites is 1. The maximum Gasteiger partial charge on any atom is 0.226 e. The van der Waals surface area contributed by atoms with Crippen molar-refractivity contribution in [1.29, 1.82) is 0 Å². The molecule has 5 nitrogen and oxygen atoms in total. The number of ether oxygens (including phenoxy) is 1. The molecule has 5 heteroatoms. The maximum atomic E-state index is 11.7. The molecule has 17 heavy (non-hydrogen) atoms. The molecular formula is C12H13N3O2. The van der Waals surface area contributed by atoms with E-state index in [2.05, 4.69) is 15.5 Å². The highest BCUT2D eigenvalue weighted by molar-refractivity contribution is 5.99. The summed E-state index contributed by atoms with van der Waals surface area (Å²) < 4.78 is 5.04. The van der Waals surface area contributed by atoms with Crippen LogP contribution in [0.25, 0.3) is 10.9 Å². The smallest absolute Gasteiger partial charge is 0.226 e. The van der Waals surface area contributed by atoms with Crippen LogP contribution in [0.15, 0.2) is 24.3 Å². The summed E-state index contributed by atoms with van der Waals surface area (Å²) in [5, 5.41) is 10.7. The Labute approximate surface area is 98.2 Å². The summed E-state index contributed by atoms with van der Waals surface area (Å²) in [6, 6.07) is 7.71. The van der Waals surface area contributed by atoms with Crippen LogP contribution in [-0.2, 0) is 9.53 Å². The number of amides is 1. The Balaban J connectivity index is 1.73. The molecule has 1 aliphatic rings. The number of hydrogen-bond acceptors (Lipinski definition) is 3. The summed E-state index contributed by atoms with van der Waals surface area (Å²) in [6.07, 6.45) is 0.501. The van der Waals surface area contributed by atoms with Crippen molar-refractivity contribution in [2.24, 2.45) is 5.92 Å². The molecule has 2 heterocycles. The number of H-pyrrole nitrogens is 1. The number of carbonyl (C=O) groups is 1. The lowest BCUT2D eigenvalue weighted by molar-refractivity contribution is -0.121. The van der Waals surface area contributed by atoms with E-state index >= 15 is 0 Å². The quantitative estimate of drug-likeness (QED) is 0.842. The van der Waals surface area contributed by atoms with Crippen LogP contribution in [0.1, 0.15) is 6.42 Å². The number of rotatable bonds is 3. The first-order valence-electron chi connectivity index (χ1n) is 5.63. The van der Waals surface area contributed by atoms with Gasteiger partial charge >= 0.3 is 0 Å². The summed E-state index contributed by atoms with van der Waals surface area (Å²) in [5.74, 6) is 0.960. The number of aromatic nitrogens is 2. The zero-order valence-electron chi connectivity index (χ0n) is 9.27. The van der Waals surface area contributed by atoms with Crippen molar-refractivity contribution < 1.29 is 9.53 Å². The van der Waals surface area contributed by atoms with Gasteiger partial charge in [-0.15, -0.1) is 0 Å².